The van der Waals surface area contributed by atoms with Gasteiger partial charge in [0.05, 0.1) is 35.6 Å². The van der Waals surface area contributed by atoms with E-state index in [1.54, 1.807) is 19.2 Å². The first-order valence-corrected chi connectivity index (χ1v) is 13.3. The van der Waals surface area contributed by atoms with Crippen LogP contribution in [0, 0.1) is 11.8 Å². The van der Waals surface area contributed by atoms with Crippen LogP contribution < -0.4 is 10.2 Å². The first-order valence-electron chi connectivity index (χ1n) is 12.9. The number of nitrogens with one attached hydrogen (secondary N) is 1. The molecule has 2 saturated heterocycles. The third-order valence-electron chi connectivity index (χ3n) is 8.04. The zero-order valence-electron chi connectivity index (χ0n) is 22.2. The number of hydrogen-bond donors (Lipinski definition) is 4. The molecule has 10 heteroatoms. The molecule has 6 atom stereocenters. The Balaban J connectivity index is 1.71. The van der Waals surface area contributed by atoms with E-state index in [1.807, 2.05) is 39.0 Å². The van der Waals surface area contributed by atoms with Crippen molar-refractivity contribution in [2.24, 2.45) is 11.8 Å². The molecule has 2 amide bonds. The Morgan fingerprint density at radius 3 is 2.68 bits per heavy atom. The molecule has 3 aliphatic rings. The number of nitrogens with zero attached hydrogens (tertiary/aromatic N) is 1. The summed E-state index contributed by atoms with van der Waals surface area (Å²) in [6.07, 6.45) is 4.84. The molecule has 0 saturated carbocycles. The summed E-state index contributed by atoms with van der Waals surface area (Å²) in [4.78, 5) is 27.1. The summed E-state index contributed by atoms with van der Waals surface area (Å²) in [5.41, 5.74) is 0.603. The maximum absolute atomic E-state index is 13.2. The van der Waals surface area contributed by atoms with Crippen LogP contribution in [0.5, 0.6) is 0 Å². The van der Waals surface area contributed by atoms with E-state index in [1.165, 1.54) is 4.90 Å². The number of epoxide rings is 1. The first kappa shape index (κ1) is 28.6. The van der Waals surface area contributed by atoms with Gasteiger partial charge in [0, 0.05) is 31.7 Å². The molecule has 3 heterocycles. The van der Waals surface area contributed by atoms with Crippen LogP contribution in [-0.2, 0) is 27.3 Å². The Bertz CT molecular complexity index is 1150. The van der Waals surface area contributed by atoms with Crippen LogP contribution in [0.2, 0.25) is 5.02 Å². The van der Waals surface area contributed by atoms with E-state index in [0.29, 0.717) is 29.1 Å². The number of aliphatic hydroxyl groups excluding tert-OH is 2. The fourth-order valence-electron chi connectivity index (χ4n) is 5.55. The Hall–Kier alpha value is -2.43. The number of fused-ring (bicyclic) bond motifs is 5. The standard InChI is InChI=1S/C28H37ClN2O7/c1-16-6-5-7-20(15-33)28(36)13-22(37-26(35)30-28)17(2)25-27(3,38-25)9-8-23(34)31(4)21-12-18(10-16)11-19(14-32)24(21)29/h5-7,11-12,17,20,22,25,32-33,36H,8-10,13-15H2,1-4H3,(H,30,35)/b7-5+,16-6+/t17-,20+,22+,25+,27+,28+/m1/s1. The molecule has 9 nitrogen and oxygen atoms in total. The number of amides is 2. The predicted molar refractivity (Wildman–Crippen MR) is 143 cm³/mol. The molecule has 4 rings (SSSR count). The van der Waals surface area contributed by atoms with Gasteiger partial charge in [-0.25, -0.2) is 4.79 Å². The van der Waals surface area contributed by atoms with Crippen LogP contribution in [0.3, 0.4) is 0 Å². The lowest BCUT2D eigenvalue weighted by atomic mass is 9.82. The summed E-state index contributed by atoms with van der Waals surface area (Å²) >= 11 is 6.56. The Morgan fingerprint density at radius 1 is 1.26 bits per heavy atom. The van der Waals surface area contributed by atoms with Crippen LogP contribution in [0.1, 0.15) is 51.2 Å². The second-order valence-corrected chi connectivity index (χ2v) is 11.3. The molecule has 0 radical (unpaired) electrons. The average molecular weight is 549 g/mol. The van der Waals surface area contributed by atoms with Crippen molar-refractivity contribution in [3.8, 4) is 0 Å². The first-order chi connectivity index (χ1) is 17.9. The highest BCUT2D eigenvalue weighted by atomic mass is 35.5. The molecule has 38 heavy (non-hydrogen) atoms. The Morgan fingerprint density at radius 2 is 2.00 bits per heavy atom. The van der Waals surface area contributed by atoms with Gasteiger partial charge in [-0.15, -0.1) is 0 Å². The number of benzene rings is 1. The molecule has 4 N–H and O–H groups in total. The smallest absolute Gasteiger partial charge is 0.409 e. The van der Waals surface area contributed by atoms with Gasteiger partial charge in [-0.3, -0.25) is 10.1 Å². The van der Waals surface area contributed by atoms with E-state index in [-0.39, 0.29) is 44.0 Å². The summed E-state index contributed by atoms with van der Waals surface area (Å²) in [6.45, 7) is 5.10. The van der Waals surface area contributed by atoms with E-state index in [9.17, 15) is 24.9 Å². The SMILES string of the molecule is C/C1=C\C=C\[C@@H](CO)[C@@]2(O)C[C@H](OC(=O)N2)[C@@H](C)[C@@H]2O[C@@]2(C)CCC(=O)N(C)c2cc(cc(CO)c2Cl)C1. The maximum Gasteiger partial charge on any atom is 0.409 e. The van der Waals surface area contributed by atoms with Gasteiger partial charge in [-0.2, -0.15) is 0 Å². The van der Waals surface area contributed by atoms with E-state index in [0.717, 1.165) is 11.1 Å². The molecular weight excluding hydrogens is 512 g/mol. The lowest BCUT2D eigenvalue weighted by molar-refractivity contribution is -0.118. The number of halogens is 1. The number of hydrogen-bond acceptors (Lipinski definition) is 7. The minimum atomic E-state index is -1.70. The minimum absolute atomic E-state index is 0.0735. The fourth-order valence-corrected chi connectivity index (χ4v) is 5.85. The molecule has 2 fully saturated rings. The van der Waals surface area contributed by atoms with Gasteiger partial charge in [0.15, 0.2) is 5.72 Å². The van der Waals surface area contributed by atoms with E-state index in [2.05, 4.69) is 5.32 Å². The number of rotatable bonds is 2. The lowest BCUT2D eigenvalue weighted by Gasteiger charge is -2.42. The highest BCUT2D eigenvalue weighted by Gasteiger charge is 2.58. The number of alkyl carbamates (subject to hydrolysis) is 1. The minimum Gasteiger partial charge on any atom is -0.446 e. The molecule has 1 aromatic carbocycles. The zero-order valence-corrected chi connectivity index (χ0v) is 23.0. The van der Waals surface area contributed by atoms with Crippen molar-refractivity contribution in [3.05, 3.63) is 52.1 Å². The van der Waals surface area contributed by atoms with Crippen LogP contribution in [0.25, 0.3) is 0 Å². The predicted octanol–water partition coefficient (Wildman–Crippen LogP) is 3.22. The van der Waals surface area contributed by atoms with Crippen molar-refractivity contribution in [2.75, 3.05) is 18.6 Å². The summed E-state index contributed by atoms with van der Waals surface area (Å²) in [5, 5.41) is 34.2. The van der Waals surface area contributed by atoms with Gasteiger partial charge in [-0.1, -0.05) is 48.4 Å². The summed E-state index contributed by atoms with van der Waals surface area (Å²) in [7, 11) is 1.67. The van der Waals surface area contributed by atoms with Gasteiger partial charge in [-0.05, 0) is 43.9 Å². The average Bonchev–Trinajstić information content (AvgIpc) is 3.55. The van der Waals surface area contributed by atoms with Gasteiger partial charge in [0.25, 0.3) is 0 Å². The molecule has 0 unspecified atom stereocenters. The third-order valence-corrected chi connectivity index (χ3v) is 8.48. The molecule has 3 aliphatic heterocycles. The fraction of sp³-hybridized carbons (Fsp3) is 0.571. The molecule has 0 aliphatic carbocycles. The number of allylic oxidation sites excluding steroid dienone is 3. The van der Waals surface area contributed by atoms with E-state index >= 15 is 0 Å². The van der Waals surface area contributed by atoms with Crippen molar-refractivity contribution in [3.63, 3.8) is 0 Å². The van der Waals surface area contributed by atoms with Crippen molar-refractivity contribution in [2.45, 2.75) is 76.6 Å². The van der Waals surface area contributed by atoms with Gasteiger partial charge >= 0.3 is 6.09 Å². The maximum atomic E-state index is 13.2. The summed E-state index contributed by atoms with van der Waals surface area (Å²) in [5.74, 6) is -1.16. The van der Waals surface area contributed by atoms with E-state index < -0.39 is 29.4 Å². The molecule has 0 aromatic heterocycles. The van der Waals surface area contributed by atoms with Gasteiger partial charge in [0.2, 0.25) is 5.91 Å². The largest absolute Gasteiger partial charge is 0.446 e. The van der Waals surface area contributed by atoms with Crippen LogP contribution >= 0.6 is 11.6 Å². The second-order valence-electron chi connectivity index (χ2n) is 11.0. The number of aliphatic hydroxyl groups is 3. The van der Waals surface area contributed by atoms with Gasteiger partial charge < -0.3 is 29.7 Å². The third kappa shape index (κ3) is 5.77. The van der Waals surface area contributed by atoms with E-state index in [4.69, 9.17) is 21.1 Å². The lowest BCUT2D eigenvalue weighted by Crippen LogP contribution is -2.61. The second kappa shape index (κ2) is 11.0. The van der Waals surface area contributed by atoms with Gasteiger partial charge in [0.1, 0.15) is 6.10 Å². The quantitative estimate of drug-likeness (QED) is 0.417. The monoisotopic (exact) mass is 548 g/mol. The van der Waals surface area contributed by atoms with Crippen molar-refractivity contribution in [1.29, 1.82) is 0 Å². The van der Waals surface area contributed by atoms with Crippen LogP contribution in [0.15, 0.2) is 35.9 Å². The van der Waals surface area contributed by atoms with Crippen molar-refractivity contribution < 1.29 is 34.4 Å². The number of anilines is 1. The highest BCUT2D eigenvalue weighted by molar-refractivity contribution is 6.34. The number of ether oxygens (including phenoxy) is 2. The molecule has 1 aromatic rings. The summed E-state index contributed by atoms with van der Waals surface area (Å²) < 4.78 is 11.5. The Kier molecular flexibility index (Phi) is 8.26. The van der Waals surface area contributed by atoms with Crippen LogP contribution in [-0.4, -0.2) is 64.5 Å². The van der Waals surface area contributed by atoms with Crippen molar-refractivity contribution in [1.82, 2.24) is 5.32 Å². The topological polar surface area (TPSA) is 132 Å². The normalized spacial score (nSPS) is 36.4. The van der Waals surface area contributed by atoms with Crippen molar-refractivity contribution >= 4 is 29.3 Å². The molecule has 208 valence electrons. The molecule has 4 bridgehead atoms. The van der Waals surface area contributed by atoms with Crippen LogP contribution in [0.4, 0.5) is 10.5 Å². The molecular formula is C28H37ClN2O7. The number of carbonyl (C=O) groups excluding carboxylic acids is 2. The summed E-state index contributed by atoms with van der Waals surface area (Å²) in [6, 6.07) is 3.67. The zero-order chi connectivity index (χ0) is 27.8. The highest BCUT2D eigenvalue weighted by Crippen LogP contribution is 2.48. The molecule has 0 spiro atoms. The number of carbonyl (C=O) groups is 2. The Labute approximate surface area is 228 Å².